The molecule has 0 fully saturated rings. The van der Waals surface area contributed by atoms with Crippen molar-refractivity contribution in [3.05, 3.63) is 30.0 Å². The van der Waals surface area contributed by atoms with Crippen LogP contribution in [-0.2, 0) is 0 Å². The van der Waals surface area contributed by atoms with Gasteiger partial charge in [-0.3, -0.25) is 4.79 Å². The molecule has 5 heteroatoms. The van der Waals surface area contributed by atoms with Gasteiger partial charge in [-0.2, -0.15) is 0 Å². The lowest BCUT2D eigenvalue weighted by molar-refractivity contribution is 0.0549. The summed E-state index contributed by atoms with van der Waals surface area (Å²) in [4.78, 5) is 12.1. The van der Waals surface area contributed by atoms with Gasteiger partial charge in [0.2, 0.25) is 0 Å². The molecule has 0 saturated heterocycles. The molecular formula is C17H23NO4. The molecule has 0 bridgehead atoms. The van der Waals surface area contributed by atoms with Crippen LogP contribution in [0.5, 0.6) is 5.75 Å². The average Bonchev–Trinajstić information content (AvgIpc) is 2.89. The molecule has 1 amide bonds. The molecule has 5 nitrogen and oxygen atoms in total. The fraction of sp³-hybridized carbons (Fsp3) is 0.471. The van der Waals surface area contributed by atoms with E-state index in [4.69, 9.17) is 9.15 Å². The van der Waals surface area contributed by atoms with Crippen molar-refractivity contribution >= 4 is 16.9 Å². The van der Waals surface area contributed by atoms with Crippen LogP contribution in [0.1, 0.15) is 37.7 Å². The normalized spacial score (nSPS) is 13.1. The van der Waals surface area contributed by atoms with Crippen molar-refractivity contribution in [3.8, 4) is 5.75 Å². The van der Waals surface area contributed by atoms with Crippen LogP contribution in [0.15, 0.2) is 28.7 Å². The second kappa shape index (κ2) is 6.40. The van der Waals surface area contributed by atoms with E-state index in [9.17, 15) is 9.90 Å². The molecule has 2 rings (SSSR count). The number of carbonyl (C=O) groups is 1. The minimum atomic E-state index is -0.469. The van der Waals surface area contributed by atoms with Gasteiger partial charge in [-0.1, -0.05) is 32.9 Å². The van der Waals surface area contributed by atoms with E-state index in [0.717, 1.165) is 5.39 Å². The maximum atomic E-state index is 12.1. The summed E-state index contributed by atoms with van der Waals surface area (Å²) in [6.07, 6.45) is 0.0299. The summed E-state index contributed by atoms with van der Waals surface area (Å²) in [5.74, 6) is 0.545. The van der Waals surface area contributed by atoms with E-state index in [-0.39, 0.29) is 17.1 Å². The Morgan fingerprint density at radius 2 is 2.14 bits per heavy atom. The number of nitrogens with one attached hydrogen (secondary N) is 1. The Bertz CT molecular complexity index is 654. The van der Waals surface area contributed by atoms with Crippen molar-refractivity contribution < 1.29 is 19.1 Å². The summed E-state index contributed by atoms with van der Waals surface area (Å²) < 4.78 is 10.8. The number of methoxy groups -OCH3 is 1. The average molecular weight is 305 g/mol. The van der Waals surface area contributed by atoms with Gasteiger partial charge in [0.05, 0.1) is 13.2 Å². The Morgan fingerprint density at radius 1 is 1.41 bits per heavy atom. The molecule has 120 valence electrons. The molecular weight excluding hydrogens is 282 g/mol. The van der Waals surface area contributed by atoms with Crippen LogP contribution in [0.2, 0.25) is 0 Å². The molecule has 0 radical (unpaired) electrons. The number of fused-ring (bicyclic) bond motifs is 1. The summed E-state index contributed by atoms with van der Waals surface area (Å²) in [6.45, 7) is 6.28. The molecule has 2 aromatic rings. The zero-order valence-corrected chi connectivity index (χ0v) is 13.5. The Morgan fingerprint density at radius 3 is 2.77 bits per heavy atom. The zero-order chi connectivity index (χ0) is 16.3. The van der Waals surface area contributed by atoms with Crippen LogP contribution in [-0.4, -0.2) is 30.8 Å². The highest BCUT2D eigenvalue weighted by Gasteiger charge is 2.22. The van der Waals surface area contributed by atoms with E-state index in [1.54, 1.807) is 19.2 Å². The van der Waals surface area contributed by atoms with Crippen LogP contribution >= 0.6 is 0 Å². The molecule has 0 aliphatic heterocycles. The van der Waals surface area contributed by atoms with E-state index in [2.05, 4.69) is 5.32 Å². The van der Waals surface area contributed by atoms with Crippen molar-refractivity contribution in [2.75, 3.05) is 13.7 Å². The van der Waals surface area contributed by atoms with Crippen molar-refractivity contribution in [2.24, 2.45) is 5.41 Å². The highest BCUT2D eigenvalue weighted by molar-refractivity contribution is 5.97. The van der Waals surface area contributed by atoms with Gasteiger partial charge in [0, 0.05) is 11.9 Å². The lowest BCUT2D eigenvalue weighted by Crippen LogP contribution is -2.32. The van der Waals surface area contributed by atoms with Crippen LogP contribution in [0, 0.1) is 5.41 Å². The number of rotatable bonds is 5. The number of furan rings is 1. The fourth-order valence-electron chi connectivity index (χ4n) is 2.15. The van der Waals surface area contributed by atoms with Gasteiger partial charge >= 0.3 is 0 Å². The van der Waals surface area contributed by atoms with Crippen molar-refractivity contribution in [3.63, 3.8) is 0 Å². The Hall–Kier alpha value is -2.01. The van der Waals surface area contributed by atoms with Crippen LogP contribution < -0.4 is 10.1 Å². The third-order valence-corrected chi connectivity index (χ3v) is 3.65. The van der Waals surface area contributed by atoms with Gasteiger partial charge in [-0.15, -0.1) is 0 Å². The molecule has 0 aliphatic carbocycles. The maximum absolute atomic E-state index is 12.1. The molecule has 1 atom stereocenters. The summed E-state index contributed by atoms with van der Waals surface area (Å²) in [6, 6.07) is 7.18. The topological polar surface area (TPSA) is 71.7 Å². The van der Waals surface area contributed by atoms with E-state index in [1.807, 2.05) is 32.9 Å². The Balaban J connectivity index is 2.01. The standard InChI is InChI=1S/C17H23NO4/c1-17(2,3)14(19)8-9-18-16(20)13-10-11-6-5-7-12(21-4)15(11)22-13/h5-7,10,14,19H,8-9H2,1-4H3,(H,18,20)/t14-/m0/s1. The number of hydrogen-bond acceptors (Lipinski definition) is 4. The quantitative estimate of drug-likeness (QED) is 0.891. The Kier molecular flexibility index (Phi) is 4.76. The van der Waals surface area contributed by atoms with Crippen molar-refractivity contribution in [2.45, 2.75) is 33.3 Å². The van der Waals surface area contributed by atoms with Gasteiger partial charge < -0.3 is 19.6 Å². The molecule has 1 aromatic carbocycles. The number of aliphatic hydroxyl groups is 1. The van der Waals surface area contributed by atoms with E-state index in [0.29, 0.717) is 24.3 Å². The lowest BCUT2D eigenvalue weighted by atomic mass is 9.87. The minimum Gasteiger partial charge on any atom is -0.493 e. The molecule has 0 unspecified atom stereocenters. The first-order chi connectivity index (χ1) is 10.3. The number of amides is 1. The summed E-state index contributed by atoms with van der Waals surface area (Å²) in [5.41, 5.74) is 0.363. The molecule has 22 heavy (non-hydrogen) atoms. The SMILES string of the molecule is COc1cccc2cc(C(=O)NCC[C@H](O)C(C)(C)C)oc12. The van der Waals surface area contributed by atoms with Crippen molar-refractivity contribution in [1.82, 2.24) is 5.32 Å². The third kappa shape index (κ3) is 3.60. The predicted octanol–water partition coefficient (Wildman–Crippen LogP) is 2.97. The first kappa shape index (κ1) is 16.4. The van der Waals surface area contributed by atoms with Crippen LogP contribution in [0.3, 0.4) is 0 Å². The molecule has 1 heterocycles. The largest absolute Gasteiger partial charge is 0.493 e. The van der Waals surface area contributed by atoms with E-state index >= 15 is 0 Å². The van der Waals surface area contributed by atoms with Crippen molar-refractivity contribution in [1.29, 1.82) is 0 Å². The number of aliphatic hydroxyl groups excluding tert-OH is 1. The van der Waals surface area contributed by atoms with Gasteiger partial charge in [0.25, 0.3) is 5.91 Å². The second-order valence-corrected chi connectivity index (χ2v) is 6.42. The first-order valence-electron chi connectivity index (χ1n) is 7.35. The van der Waals surface area contributed by atoms with E-state index < -0.39 is 6.10 Å². The van der Waals surface area contributed by atoms with Gasteiger partial charge in [0.15, 0.2) is 17.1 Å². The molecule has 0 aliphatic rings. The molecule has 0 saturated carbocycles. The molecule has 2 N–H and O–H groups in total. The fourth-order valence-corrected chi connectivity index (χ4v) is 2.15. The van der Waals surface area contributed by atoms with Crippen LogP contribution in [0.25, 0.3) is 11.0 Å². The van der Waals surface area contributed by atoms with Gasteiger partial charge in [-0.25, -0.2) is 0 Å². The lowest BCUT2D eigenvalue weighted by Gasteiger charge is -2.25. The Labute approximate surface area is 130 Å². The predicted molar refractivity (Wildman–Crippen MR) is 85.2 cm³/mol. The van der Waals surface area contributed by atoms with Gasteiger partial charge in [0.1, 0.15) is 0 Å². The number of ether oxygens (including phenoxy) is 1. The zero-order valence-electron chi connectivity index (χ0n) is 13.5. The number of para-hydroxylation sites is 1. The highest BCUT2D eigenvalue weighted by Crippen LogP contribution is 2.28. The second-order valence-electron chi connectivity index (χ2n) is 6.42. The highest BCUT2D eigenvalue weighted by atomic mass is 16.5. The summed E-state index contributed by atoms with van der Waals surface area (Å²) >= 11 is 0. The summed E-state index contributed by atoms with van der Waals surface area (Å²) in [5, 5.41) is 13.5. The smallest absolute Gasteiger partial charge is 0.287 e. The summed E-state index contributed by atoms with van der Waals surface area (Å²) in [7, 11) is 1.56. The van der Waals surface area contributed by atoms with E-state index in [1.165, 1.54) is 0 Å². The maximum Gasteiger partial charge on any atom is 0.287 e. The molecule has 1 aromatic heterocycles. The third-order valence-electron chi connectivity index (χ3n) is 3.65. The first-order valence-corrected chi connectivity index (χ1v) is 7.35. The monoisotopic (exact) mass is 305 g/mol. The number of benzene rings is 1. The molecule has 0 spiro atoms. The van der Waals surface area contributed by atoms with Crippen LogP contribution in [0.4, 0.5) is 0 Å². The number of carbonyl (C=O) groups excluding carboxylic acids is 1. The number of hydrogen-bond donors (Lipinski definition) is 2. The minimum absolute atomic E-state index is 0.197. The van der Waals surface area contributed by atoms with Gasteiger partial charge in [-0.05, 0) is 24.0 Å².